The van der Waals surface area contributed by atoms with Gasteiger partial charge in [-0.25, -0.2) is 16.0 Å². The van der Waals surface area contributed by atoms with Crippen LogP contribution in [0.15, 0.2) is 29.8 Å². The molecule has 1 amide bonds. The summed E-state index contributed by atoms with van der Waals surface area (Å²) in [6.45, 7) is 6.99. The van der Waals surface area contributed by atoms with E-state index in [1.54, 1.807) is 5.01 Å². The van der Waals surface area contributed by atoms with E-state index >= 15 is 0 Å². The van der Waals surface area contributed by atoms with Crippen LogP contribution in [0.3, 0.4) is 0 Å². The summed E-state index contributed by atoms with van der Waals surface area (Å²) in [6, 6.07) is 7.88. The first-order valence-electron chi connectivity index (χ1n) is 8.37. The number of benzene rings is 1. The number of aliphatic hydroxyl groups excluding tert-OH is 1. The Hall–Kier alpha value is -1.60. The predicted molar refractivity (Wildman–Crippen MR) is 102 cm³/mol. The van der Waals surface area contributed by atoms with Crippen molar-refractivity contribution in [3.8, 4) is 0 Å². The van der Waals surface area contributed by atoms with Crippen LogP contribution in [0.4, 0.5) is 0 Å². The van der Waals surface area contributed by atoms with Crippen molar-refractivity contribution < 1.29 is 9.90 Å². The molecule has 6 nitrogen and oxygen atoms in total. The Bertz CT molecular complexity index is 616. The third kappa shape index (κ3) is 4.52. The lowest BCUT2D eigenvalue weighted by Gasteiger charge is -2.43. The van der Waals surface area contributed by atoms with Gasteiger partial charge < -0.3 is 10.8 Å². The topological polar surface area (TPSA) is 95.8 Å². The molecule has 0 saturated carbocycles. The molecule has 1 heterocycles. The van der Waals surface area contributed by atoms with Crippen LogP contribution >= 0.6 is 12.4 Å². The van der Waals surface area contributed by atoms with Crippen LogP contribution in [-0.4, -0.2) is 34.3 Å². The van der Waals surface area contributed by atoms with E-state index in [-0.39, 0.29) is 36.8 Å². The Kier molecular flexibility index (Phi) is 7.89. The van der Waals surface area contributed by atoms with Crippen molar-refractivity contribution in [2.45, 2.75) is 33.7 Å². The Morgan fingerprint density at radius 3 is 2.32 bits per heavy atom. The lowest BCUT2D eigenvalue weighted by Crippen LogP contribution is -2.56. The minimum atomic E-state index is -0.349. The van der Waals surface area contributed by atoms with Crippen LogP contribution in [0.2, 0.25) is 0 Å². The van der Waals surface area contributed by atoms with Crippen LogP contribution < -0.4 is 11.6 Å². The molecule has 0 bridgehead atoms. The van der Waals surface area contributed by atoms with Gasteiger partial charge in [0.2, 0.25) is 5.91 Å². The molecule has 0 aromatic heterocycles. The number of amides is 1. The molecule has 1 aliphatic rings. The van der Waals surface area contributed by atoms with E-state index in [9.17, 15) is 9.90 Å². The van der Waals surface area contributed by atoms with Gasteiger partial charge in [-0.1, -0.05) is 38.1 Å². The number of hydrogen-bond donors (Lipinski definition) is 3. The van der Waals surface area contributed by atoms with Gasteiger partial charge in [-0.15, -0.1) is 12.4 Å². The molecule has 1 unspecified atom stereocenters. The van der Waals surface area contributed by atoms with Gasteiger partial charge in [0.25, 0.3) is 0 Å². The van der Waals surface area contributed by atoms with Crippen molar-refractivity contribution >= 4 is 24.0 Å². The lowest BCUT2D eigenvalue weighted by atomic mass is 9.89. The quantitative estimate of drug-likeness (QED) is 0.666. The number of aliphatic hydroxyl groups is 1. The van der Waals surface area contributed by atoms with Gasteiger partial charge in [0.05, 0.1) is 11.6 Å². The number of carbonyl (C=O) groups excluding carboxylic acids is 1. The van der Waals surface area contributed by atoms with E-state index < -0.39 is 0 Å². The highest BCUT2D eigenvalue weighted by atomic mass is 35.5. The molecule has 1 atom stereocenters. The summed E-state index contributed by atoms with van der Waals surface area (Å²) in [4.78, 5) is 12.8. The smallest absolute Gasteiger partial charge is 0.249 e. The standard InChI is InChI=1S/C18H28N4O2.ClH/c1-12(2)11-21-18(24)16(8-9-23)13(3)17(22(21)20)15-6-4-14(10-19)5-7-15;/h4-7,12,16,23H,8-11,19-20H2,1-3H3;1H. The summed E-state index contributed by atoms with van der Waals surface area (Å²) in [6.07, 6.45) is 0.400. The molecule has 0 radical (unpaired) electrons. The highest BCUT2D eigenvalue weighted by Crippen LogP contribution is 2.34. The maximum absolute atomic E-state index is 12.8. The Morgan fingerprint density at radius 2 is 1.84 bits per heavy atom. The number of hydrogen-bond acceptors (Lipinski definition) is 5. The SMILES string of the molecule is CC1=C(c2ccc(CN)cc2)N(N)N(CC(C)C)C(=O)C1CCO.Cl. The third-order valence-corrected chi connectivity index (χ3v) is 4.36. The van der Waals surface area contributed by atoms with E-state index in [0.717, 1.165) is 22.4 Å². The van der Waals surface area contributed by atoms with E-state index in [4.69, 9.17) is 11.6 Å². The summed E-state index contributed by atoms with van der Waals surface area (Å²) >= 11 is 0. The van der Waals surface area contributed by atoms with Crippen LogP contribution in [0, 0.1) is 11.8 Å². The number of nitrogens with two attached hydrogens (primary N) is 2. The van der Waals surface area contributed by atoms with Crippen molar-refractivity contribution in [3.05, 3.63) is 41.0 Å². The minimum Gasteiger partial charge on any atom is -0.396 e. The monoisotopic (exact) mass is 368 g/mol. The summed E-state index contributed by atoms with van der Waals surface area (Å²) < 4.78 is 0. The van der Waals surface area contributed by atoms with E-state index in [2.05, 4.69) is 0 Å². The second-order valence-electron chi connectivity index (χ2n) is 6.66. The number of rotatable bonds is 6. The van der Waals surface area contributed by atoms with Crippen molar-refractivity contribution in [3.63, 3.8) is 0 Å². The first-order chi connectivity index (χ1) is 11.4. The summed E-state index contributed by atoms with van der Waals surface area (Å²) in [5.74, 6) is 6.19. The molecule has 1 aliphatic heterocycles. The third-order valence-electron chi connectivity index (χ3n) is 4.36. The van der Waals surface area contributed by atoms with E-state index in [1.165, 1.54) is 5.12 Å². The molecule has 0 saturated heterocycles. The van der Waals surface area contributed by atoms with Crippen LogP contribution in [0.5, 0.6) is 0 Å². The van der Waals surface area contributed by atoms with Crippen molar-refractivity contribution in [1.29, 1.82) is 0 Å². The molecule has 140 valence electrons. The lowest BCUT2D eigenvalue weighted by molar-refractivity contribution is -0.151. The maximum atomic E-state index is 12.8. The number of hydrazine groups is 2. The molecular formula is C18H29ClN4O2. The van der Waals surface area contributed by atoms with Crippen molar-refractivity contribution in [2.24, 2.45) is 23.4 Å². The van der Waals surface area contributed by atoms with Crippen molar-refractivity contribution in [1.82, 2.24) is 10.1 Å². The molecule has 2 rings (SSSR count). The first-order valence-corrected chi connectivity index (χ1v) is 8.37. The van der Waals surface area contributed by atoms with E-state index in [1.807, 2.05) is 45.0 Å². The number of nitrogens with zero attached hydrogens (tertiary/aromatic N) is 2. The Labute approximate surface area is 155 Å². The highest BCUT2D eigenvalue weighted by Gasteiger charge is 2.37. The van der Waals surface area contributed by atoms with Gasteiger partial charge in [-0.05, 0) is 30.4 Å². The average Bonchev–Trinajstić information content (AvgIpc) is 2.56. The first kappa shape index (κ1) is 21.4. The van der Waals surface area contributed by atoms with Gasteiger partial charge >= 0.3 is 0 Å². The highest BCUT2D eigenvalue weighted by molar-refractivity contribution is 5.88. The average molecular weight is 369 g/mol. The Morgan fingerprint density at radius 1 is 1.24 bits per heavy atom. The zero-order valence-corrected chi connectivity index (χ0v) is 15.9. The largest absolute Gasteiger partial charge is 0.396 e. The van der Waals surface area contributed by atoms with Gasteiger partial charge in [0, 0.05) is 25.3 Å². The second-order valence-corrected chi connectivity index (χ2v) is 6.66. The summed E-state index contributed by atoms with van der Waals surface area (Å²) in [5, 5.41) is 12.4. The molecule has 7 heteroatoms. The molecule has 25 heavy (non-hydrogen) atoms. The van der Waals surface area contributed by atoms with Gasteiger partial charge in [-0.2, -0.15) is 0 Å². The molecule has 1 aromatic carbocycles. The fraction of sp³-hybridized carbons (Fsp3) is 0.500. The molecule has 0 spiro atoms. The van der Waals surface area contributed by atoms with Gasteiger partial charge in [0.1, 0.15) is 0 Å². The van der Waals surface area contributed by atoms with Gasteiger partial charge in [-0.3, -0.25) is 4.79 Å². The van der Waals surface area contributed by atoms with E-state index in [0.29, 0.717) is 19.5 Å². The maximum Gasteiger partial charge on any atom is 0.249 e. The molecule has 0 aliphatic carbocycles. The summed E-state index contributed by atoms with van der Waals surface area (Å²) in [5.41, 5.74) is 9.35. The zero-order chi connectivity index (χ0) is 17.9. The normalized spacial score (nSPS) is 18.0. The minimum absolute atomic E-state index is 0. The molecule has 1 aromatic rings. The van der Waals surface area contributed by atoms with Gasteiger partial charge in [0.15, 0.2) is 0 Å². The number of halogens is 1. The molecule has 5 N–H and O–H groups in total. The summed E-state index contributed by atoms with van der Waals surface area (Å²) in [7, 11) is 0. The fourth-order valence-electron chi connectivity index (χ4n) is 3.09. The van der Waals surface area contributed by atoms with Crippen LogP contribution in [-0.2, 0) is 11.3 Å². The molecular weight excluding hydrogens is 340 g/mol. The van der Waals surface area contributed by atoms with Crippen LogP contribution in [0.1, 0.15) is 38.3 Å². The van der Waals surface area contributed by atoms with Crippen molar-refractivity contribution in [2.75, 3.05) is 13.2 Å². The fourth-order valence-corrected chi connectivity index (χ4v) is 3.09. The van der Waals surface area contributed by atoms with Crippen LogP contribution in [0.25, 0.3) is 5.70 Å². The zero-order valence-electron chi connectivity index (χ0n) is 15.1. The molecule has 0 fully saturated rings. The predicted octanol–water partition coefficient (Wildman–Crippen LogP) is 1.89. The number of carbonyl (C=O) groups is 1. The Balaban J connectivity index is 0.00000312. The second kappa shape index (κ2) is 9.20.